The van der Waals surface area contributed by atoms with Crippen LogP contribution in [0.2, 0.25) is 0 Å². The Morgan fingerprint density at radius 1 is 0.767 bits per heavy atom. The highest BCUT2D eigenvalue weighted by Gasteiger charge is 2.27. The smallest absolute Gasteiger partial charge is 0.343 e. The van der Waals surface area contributed by atoms with E-state index in [4.69, 9.17) is 9.47 Å². The van der Waals surface area contributed by atoms with Crippen molar-refractivity contribution in [3.8, 4) is 11.5 Å². The molecule has 0 N–H and O–H groups in total. The molecule has 0 heterocycles. The average molecular weight is 400 g/mol. The molecule has 152 valence electrons. The monoisotopic (exact) mass is 400 g/mol. The van der Waals surface area contributed by atoms with Crippen molar-refractivity contribution in [3.05, 3.63) is 95.1 Å². The summed E-state index contributed by atoms with van der Waals surface area (Å²) < 4.78 is 11.6. The number of hydrogen-bond donors (Lipinski definition) is 0. The highest BCUT2D eigenvalue weighted by atomic mass is 16.6. The Hall–Kier alpha value is -3.40. The van der Waals surface area contributed by atoms with Crippen LogP contribution in [0.3, 0.4) is 0 Å². The third-order valence-electron chi connectivity index (χ3n) is 5.44. The Balaban J connectivity index is 1.72. The lowest BCUT2D eigenvalue weighted by molar-refractivity contribution is 0.0680. The van der Waals surface area contributed by atoms with Crippen LogP contribution in [0.1, 0.15) is 63.4 Å². The predicted molar refractivity (Wildman–Crippen MR) is 115 cm³/mol. The first-order chi connectivity index (χ1) is 14.6. The largest absolute Gasteiger partial charge is 0.419 e. The van der Waals surface area contributed by atoms with E-state index < -0.39 is 11.9 Å². The molecule has 0 spiro atoms. The van der Waals surface area contributed by atoms with Gasteiger partial charge in [0.25, 0.3) is 0 Å². The standard InChI is InChI=1S/C26H24O4/c1-18-16-22(19-10-8-9-11-19)24(30-26(28)21-14-6-3-7-15-21)23(17-18)29-25(27)20-12-4-2-5-13-20/h2-7,12-17,19H,8-11H2,1H3. The summed E-state index contributed by atoms with van der Waals surface area (Å²) in [6.45, 7) is 1.96. The number of aryl methyl sites for hydroxylation is 1. The zero-order valence-corrected chi connectivity index (χ0v) is 17.0. The minimum Gasteiger partial charge on any atom is -0.419 e. The minimum atomic E-state index is -0.476. The van der Waals surface area contributed by atoms with Gasteiger partial charge in [0.1, 0.15) is 0 Å². The van der Waals surface area contributed by atoms with Crippen molar-refractivity contribution in [2.75, 3.05) is 0 Å². The maximum absolute atomic E-state index is 12.8. The molecule has 0 unspecified atom stereocenters. The average Bonchev–Trinajstić information content (AvgIpc) is 3.31. The van der Waals surface area contributed by atoms with Gasteiger partial charge in [-0.3, -0.25) is 0 Å². The van der Waals surface area contributed by atoms with E-state index in [9.17, 15) is 9.59 Å². The van der Waals surface area contributed by atoms with Gasteiger partial charge < -0.3 is 9.47 Å². The Bertz CT molecular complexity index is 1040. The highest BCUT2D eigenvalue weighted by molar-refractivity contribution is 5.93. The van der Waals surface area contributed by atoms with Crippen molar-refractivity contribution in [3.63, 3.8) is 0 Å². The first-order valence-corrected chi connectivity index (χ1v) is 10.3. The van der Waals surface area contributed by atoms with Crippen LogP contribution >= 0.6 is 0 Å². The second kappa shape index (κ2) is 8.95. The molecule has 4 rings (SSSR count). The third-order valence-corrected chi connectivity index (χ3v) is 5.44. The maximum atomic E-state index is 12.8. The number of carbonyl (C=O) groups is 2. The Morgan fingerprint density at radius 2 is 1.30 bits per heavy atom. The van der Waals surface area contributed by atoms with Gasteiger partial charge in [0.15, 0.2) is 11.5 Å². The van der Waals surface area contributed by atoms with Gasteiger partial charge in [-0.2, -0.15) is 0 Å². The van der Waals surface area contributed by atoms with Gasteiger partial charge in [0, 0.05) is 5.56 Å². The van der Waals surface area contributed by atoms with Crippen LogP contribution in [0.5, 0.6) is 11.5 Å². The fraction of sp³-hybridized carbons (Fsp3) is 0.231. The van der Waals surface area contributed by atoms with Gasteiger partial charge >= 0.3 is 11.9 Å². The van der Waals surface area contributed by atoms with E-state index >= 15 is 0 Å². The zero-order chi connectivity index (χ0) is 20.9. The number of rotatable bonds is 5. The third kappa shape index (κ3) is 4.43. The Labute approximate surface area is 176 Å². The quantitative estimate of drug-likeness (QED) is 0.384. The maximum Gasteiger partial charge on any atom is 0.343 e. The van der Waals surface area contributed by atoms with Gasteiger partial charge in [0.2, 0.25) is 0 Å². The van der Waals surface area contributed by atoms with E-state index in [1.54, 1.807) is 54.6 Å². The van der Waals surface area contributed by atoms with Crippen molar-refractivity contribution in [1.82, 2.24) is 0 Å². The van der Waals surface area contributed by atoms with Crippen LogP contribution < -0.4 is 9.47 Å². The number of benzene rings is 3. The molecule has 0 aromatic heterocycles. The zero-order valence-electron chi connectivity index (χ0n) is 17.0. The fourth-order valence-electron chi connectivity index (χ4n) is 3.95. The Morgan fingerprint density at radius 3 is 1.87 bits per heavy atom. The summed E-state index contributed by atoms with van der Waals surface area (Å²) in [6, 6.07) is 21.5. The molecule has 1 fully saturated rings. The summed E-state index contributed by atoms with van der Waals surface area (Å²) >= 11 is 0. The molecule has 0 amide bonds. The van der Waals surface area contributed by atoms with Gasteiger partial charge in [0.05, 0.1) is 11.1 Å². The molecule has 1 saturated carbocycles. The second-order valence-corrected chi connectivity index (χ2v) is 7.67. The van der Waals surface area contributed by atoms with E-state index in [0.29, 0.717) is 16.9 Å². The summed E-state index contributed by atoms with van der Waals surface area (Å²) in [4.78, 5) is 25.5. The first-order valence-electron chi connectivity index (χ1n) is 10.3. The van der Waals surface area contributed by atoms with Crippen LogP contribution in [0.25, 0.3) is 0 Å². The molecule has 0 radical (unpaired) electrons. The summed E-state index contributed by atoms with van der Waals surface area (Å²) in [5, 5.41) is 0. The van der Waals surface area contributed by atoms with Crippen molar-refractivity contribution >= 4 is 11.9 Å². The minimum absolute atomic E-state index is 0.287. The second-order valence-electron chi connectivity index (χ2n) is 7.67. The lowest BCUT2D eigenvalue weighted by atomic mass is 9.94. The molecular weight excluding hydrogens is 376 g/mol. The van der Waals surface area contributed by atoms with E-state index in [1.165, 1.54) is 0 Å². The van der Waals surface area contributed by atoms with Gasteiger partial charge in [-0.15, -0.1) is 0 Å². The molecule has 30 heavy (non-hydrogen) atoms. The molecule has 0 atom stereocenters. The van der Waals surface area contributed by atoms with E-state index in [-0.39, 0.29) is 11.7 Å². The van der Waals surface area contributed by atoms with Gasteiger partial charge in [-0.25, -0.2) is 9.59 Å². The molecule has 1 aliphatic carbocycles. The number of ether oxygens (including phenoxy) is 2. The first kappa shape index (κ1) is 19.9. The van der Waals surface area contributed by atoms with Crippen LogP contribution in [0.15, 0.2) is 72.8 Å². The van der Waals surface area contributed by atoms with E-state index in [1.807, 2.05) is 25.1 Å². The van der Waals surface area contributed by atoms with Crippen molar-refractivity contribution in [2.24, 2.45) is 0 Å². The normalized spacial score (nSPS) is 13.8. The molecule has 0 saturated heterocycles. The van der Waals surface area contributed by atoms with Crippen molar-refractivity contribution in [2.45, 2.75) is 38.5 Å². The van der Waals surface area contributed by atoms with Crippen LogP contribution in [0, 0.1) is 6.92 Å². The number of esters is 2. The highest BCUT2D eigenvalue weighted by Crippen LogP contribution is 2.44. The summed E-state index contributed by atoms with van der Waals surface area (Å²) in [5.74, 6) is -0.00962. The van der Waals surface area contributed by atoms with Gasteiger partial charge in [-0.1, -0.05) is 55.3 Å². The topological polar surface area (TPSA) is 52.6 Å². The summed E-state index contributed by atoms with van der Waals surface area (Å²) in [5.41, 5.74) is 2.80. The number of hydrogen-bond acceptors (Lipinski definition) is 4. The molecular formula is C26H24O4. The van der Waals surface area contributed by atoms with Crippen molar-refractivity contribution in [1.29, 1.82) is 0 Å². The SMILES string of the molecule is Cc1cc(OC(=O)c2ccccc2)c(OC(=O)c2ccccc2)c(C2CCCC2)c1. The molecule has 3 aromatic rings. The fourth-order valence-corrected chi connectivity index (χ4v) is 3.95. The van der Waals surface area contributed by atoms with E-state index in [0.717, 1.165) is 36.8 Å². The summed E-state index contributed by atoms with van der Waals surface area (Å²) in [7, 11) is 0. The molecule has 4 heteroatoms. The molecule has 0 aliphatic heterocycles. The van der Waals surface area contributed by atoms with Crippen molar-refractivity contribution < 1.29 is 19.1 Å². The van der Waals surface area contributed by atoms with E-state index in [2.05, 4.69) is 0 Å². The summed E-state index contributed by atoms with van der Waals surface area (Å²) in [6.07, 6.45) is 4.35. The molecule has 0 bridgehead atoms. The molecule has 3 aromatic carbocycles. The number of carbonyl (C=O) groups excluding carboxylic acids is 2. The van der Waals surface area contributed by atoms with Crippen LogP contribution in [-0.2, 0) is 0 Å². The molecule has 1 aliphatic rings. The lowest BCUT2D eigenvalue weighted by Crippen LogP contribution is -2.15. The predicted octanol–water partition coefficient (Wildman–Crippen LogP) is 6.09. The molecule has 4 nitrogen and oxygen atoms in total. The van der Waals surface area contributed by atoms with Crippen LogP contribution in [-0.4, -0.2) is 11.9 Å². The Kier molecular flexibility index (Phi) is 5.94. The van der Waals surface area contributed by atoms with Gasteiger partial charge in [-0.05, 0) is 61.6 Å². The van der Waals surface area contributed by atoms with Crippen LogP contribution in [0.4, 0.5) is 0 Å². The lowest BCUT2D eigenvalue weighted by Gasteiger charge is -2.19.